The molecule has 0 saturated heterocycles. The Morgan fingerprint density at radius 2 is 1.95 bits per heavy atom. The van der Waals surface area contributed by atoms with Crippen molar-refractivity contribution in [3.8, 4) is 6.07 Å². The van der Waals surface area contributed by atoms with Crippen LogP contribution < -0.4 is 10.2 Å². The number of hydrogen-bond acceptors (Lipinski definition) is 3. The summed E-state index contributed by atoms with van der Waals surface area (Å²) in [5.74, 6) is -0.516. The van der Waals surface area contributed by atoms with Gasteiger partial charge in [-0.2, -0.15) is 5.26 Å². The van der Waals surface area contributed by atoms with Gasteiger partial charge in [0.2, 0.25) is 0 Å². The van der Waals surface area contributed by atoms with E-state index in [4.69, 9.17) is 5.26 Å². The molecule has 4 heteroatoms. The van der Waals surface area contributed by atoms with Gasteiger partial charge in [-0.15, -0.1) is 0 Å². The molecule has 3 nitrogen and oxygen atoms in total. The molecule has 0 spiro atoms. The van der Waals surface area contributed by atoms with Gasteiger partial charge in [-0.05, 0) is 36.8 Å². The van der Waals surface area contributed by atoms with E-state index < -0.39 is 5.82 Å². The molecule has 0 aliphatic carbocycles. The van der Waals surface area contributed by atoms with Crippen molar-refractivity contribution in [3.63, 3.8) is 0 Å². The van der Waals surface area contributed by atoms with Crippen molar-refractivity contribution in [1.29, 1.82) is 5.26 Å². The lowest BCUT2D eigenvalue weighted by Crippen LogP contribution is -2.10. The van der Waals surface area contributed by atoms with Gasteiger partial charge in [0.25, 0.3) is 0 Å². The van der Waals surface area contributed by atoms with Gasteiger partial charge in [-0.3, -0.25) is 0 Å². The lowest BCUT2D eigenvalue weighted by atomic mass is 10.1. The first-order valence-corrected chi connectivity index (χ1v) is 6.26. The summed E-state index contributed by atoms with van der Waals surface area (Å²) in [6, 6.07) is 12.3. The first-order chi connectivity index (χ1) is 9.52. The predicted molar refractivity (Wildman–Crippen MR) is 79.9 cm³/mol. The van der Waals surface area contributed by atoms with Crippen molar-refractivity contribution in [2.45, 2.75) is 6.92 Å². The van der Waals surface area contributed by atoms with Gasteiger partial charge in [0.1, 0.15) is 17.4 Å². The summed E-state index contributed by atoms with van der Waals surface area (Å²) >= 11 is 0. The van der Waals surface area contributed by atoms with Gasteiger partial charge >= 0.3 is 0 Å². The first kappa shape index (κ1) is 13.9. The number of halogens is 1. The van der Waals surface area contributed by atoms with E-state index in [-0.39, 0.29) is 5.56 Å². The van der Waals surface area contributed by atoms with Crippen molar-refractivity contribution in [3.05, 3.63) is 53.3 Å². The van der Waals surface area contributed by atoms with Crippen molar-refractivity contribution in [2.75, 3.05) is 24.3 Å². The maximum absolute atomic E-state index is 13.6. The number of nitriles is 1. The standard InChI is InChI=1S/C16H16FN3/c1-11-7-8-12(9-16(11)20(2)3)19-15-6-4-5-14(17)13(15)10-18/h4-9,19H,1-3H3. The summed E-state index contributed by atoms with van der Waals surface area (Å²) in [5, 5.41) is 12.1. The Hall–Kier alpha value is -2.54. The molecule has 0 saturated carbocycles. The second kappa shape index (κ2) is 5.62. The van der Waals surface area contributed by atoms with Crippen LogP contribution in [-0.2, 0) is 0 Å². The Balaban J connectivity index is 2.39. The lowest BCUT2D eigenvalue weighted by molar-refractivity contribution is 0.624. The third kappa shape index (κ3) is 2.72. The molecule has 2 rings (SSSR count). The second-order valence-electron chi connectivity index (χ2n) is 4.79. The van der Waals surface area contributed by atoms with Crippen LogP contribution in [0.3, 0.4) is 0 Å². The topological polar surface area (TPSA) is 39.1 Å². The molecule has 0 unspecified atom stereocenters. The largest absolute Gasteiger partial charge is 0.377 e. The molecule has 0 aliphatic rings. The summed E-state index contributed by atoms with van der Waals surface area (Å²) < 4.78 is 13.6. The smallest absolute Gasteiger partial charge is 0.143 e. The monoisotopic (exact) mass is 269 g/mol. The van der Waals surface area contributed by atoms with Crippen LogP contribution in [0.1, 0.15) is 11.1 Å². The van der Waals surface area contributed by atoms with Crippen LogP contribution in [0.25, 0.3) is 0 Å². The molecule has 0 radical (unpaired) electrons. The third-order valence-corrected chi connectivity index (χ3v) is 3.10. The molecule has 20 heavy (non-hydrogen) atoms. The number of aryl methyl sites for hydroxylation is 1. The van der Waals surface area contributed by atoms with E-state index in [1.807, 2.05) is 50.2 Å². The summed E-state index contributed by atoms with van der Waals surface area (Å²) in [7, 11) is 3.93. The van der Waals surface area contributed by atoms with E-state index in [0.717, 1.165) is 16.9 Å². The third-order valence-electron chi connectivity index (χ3n) is 3.10. The van der Waals surface area contributed by atoms with Crippen LogP contribution in [0.15, 0.2) is 36.4 Å². The summed E-state index contributed by atoms with van der Waals surface area (Å²) in [6.45, 7) is 2.03. The van der Waals surface area contributed by atoms with Gasteiger partial charge in [0.05, 0.1) is 5.69 Å². The molecule has 2 aromatic carbocycles. The highest BCUT2D eigenvalue weighted by Gasteiger charge is 2.09. The quantitative estimate of drug-likeness (QED) is 0.920. The zero-order valence-electron chi connectivity index (χ0n) is 11.7. The predicted octanol–water partition coefficient (Wildman–Crippen LogP) is 3.82. The van der Waals surface area contributed by atoms with Gasteiger partial charge < -0.3 is 10.2 Å². The average Bonchev–Trinajstić information content (AvgIpc) is 2.41. The van der Waals surface area contributed by atoms with Crippen molar-refractivity contribution in [2.24, 2.45) is 0 Å². The van der Waals surface area contributed by atoms with Crippen LogP contribution in [0.2, 0.25) is 0 Å². The van der Waals surface area contributed by atoms with Crippen LogP contribution >= 0.6 is 0 Å². The Morgan fingerprint density at radius 3 is 2.60 bits per heavy atom. The maximum Gasteiger partial charge on any atom is 0.143 e. The highest BCUT2D eigenvalue weighted by atomic mass is 19.1. The van der Waals surface area contributed by atoms with Crippen LogP contribution in [0, 0.1) is 24.1 Å². The molecule has 0 bridgehead atoms. The number of benzene rings is 2. The second-order valence-corrected chi connectivity index (χ2v) is 4.79. The van der Waals surface area contributed by atoms with Crippen molar-refractivity contribution < 1.29 is 4.39 Å². The molecule has 0 fully saturated rings. The van der Waals surface area contributed by atoms with Gasteiger partial charge in [-0.1, -0.05) is 12.1 Å². The van der Waals surface area contributed by atoms with Crippen LogP contribution in [-0.4, -0.2) is 14.1 Å². The van der Waals surface area contributed by atoms with Gasteiger partial charge in [0, 0.05) is 25.5 Å². The molecule has 2 aromatic rings. The highest BCUT2D eigenvalue weighted by molar-refractivity contribution is 5.70. The van der Waals surface area contributed by atoms with E-state index in [1.165, 1.54) is 6.07 Å². The Bertz CT molecular complexity index is 672. The average molecular weight is 269 g/mol. The zero-order chi connectivity index (χ0) is 14.7. The molecule has 1 N–H and O–H groups in total. The fourth-order valence-corrected chi connectivity index (χ4v) is 2.07. The molecule has 0 amide bonds. The minimum atomic E-state index is -0.516. The van der Waals surface area contributed by atoms with Crippen LogP contribution in [0.5, 0.6) is 0 Å². The minimum Gasteiger partial charge on any atom is -0.377 e. The van der Waals surface area contributed by atoms with Gasteiger partial charge in [0.15, 0.2) is 0 Å². The molecule has 0 heterocycles. The van der Waals surface area contributed by atoms with Crippen molar-refractivity contribution >= 4 is 17.1 Å². The van der Waals surface area contributed by atoms with Crippen LogP contribution in [0.4, 0.5) is 21.5 Å². The van der Waals surface area contributed by atoms with E-state index in [0.29, 0.717) is 5.69 Å². The van der Waals surface area contributed by atoms with Gasteiger partial charge in [-0.25, -0.2) is 4.39 Å². The highest BCUT2D eigenvalue weighted by Crippen LogP contribution is 2.27. The van der Waals surface area contributed by atoms with E-state index >= 15 is 0 Å². The normalized spacial score (nSPS) is 9.95. The fourth-order valence-electron chi connectivity index (χ4n) is 2.07. The first-order valence-electron chi connectivity index (χ1n) is 6.26. The Kier molecular flexibility index (Phi) is 3.90. The Labute approximate surface area is 118 Å². The summed E-state index contributed by atoms with van der Waals surface area (Å²) in [6.07, 6.45) is 0. The zero-order valence-corrected chi connectivity index (χ0v) is 11.7. The lowest BCUT2D eigenvalue weighted by Gasteiger charge is -2.17. The Morgan fingerprint density at radius 1 is 1.20 bits per heavy atom. The molecule has 0 aromatic heterocycles. The fraction of sp³-hybridized carbons (Fsp3) is 0.188. The van der Waals surface area contributed by atoms with E-state index in [2.05, 4.69) is 5.32 Å². The number of nitrogens with one attached hydrogen (secondary N) is 1. The molecule has 0 atom stereocenters. The molecule has 102 valence electrons. The number of anilines is 3. The van der Waals surface area contributed by atoms with E-state index in [1.54, 1.807) is 12.1 Å². The minimum absolute atomic E-state index is 0.0273. The number of rotatable bonds is 3. The molecular formula is C16H16FN3. The number of nitrogens with zero attached hydrogens (tertiary/aromatic N) is 2. The van der Waals surface area contributed by atoms with Crippen molar-refractivity contribution in [1.82, 2.24) is 0 Å². The maximum atomic E-state index is 13.6. The molecular weight excluding hydrogens is 253 g/mol. The number of hydrogen-bond donors (Lipinski definition) is 1. The summed E-state index contributed by atoms with van der Waals surface area (Å²) in [5.41, 5.74) is 3.55. The van der Waals surface area contributed by atoms with E-state index in [9.17, 15) is 4.39 Å². The summed E-state index contributed by atoms with van der Waals surface area (Å²) in [4.78, 5) is 2.01. The molecule has 0 aliphatic heterocycles. The SMILES string of the molecule is Cc1ccc(Nc2cccc(F)c2C#N)cc1N(C)C.